The summed E-state index contributed by atoms with van der Waals surface area (Å²) in [5.41, 5.74) is 5.04. The van der Waals surface area contributed by atoms with Crippen molar-refractivity contribution in [1.82, 2.24) is 9.55 Å². The maximum absolute atomic E-state index is 13.7. The van der Waals surface area contributed by atoms with E-state index < -0.39 is 0 Å². The number of aryl methyl sites for hydroxylation is 3. The van der Waals surface area contributed by atoms with Crippen LogP contribution in [0.15, 0.2) is 53.3 Å². The molecule has 5 heteroatoms. The summed E-state index contributed by atoms with van der Waals surface area (Å²) in [6.45, 7) is 7.98. The Bertz CT molecular complexity index is 1310. The molecule has 0 unspecified atom stereocenters. The second kappa shape index (κ2) is 8.00. The fraction of sp³-hybridized carbons (Fsp3) is 0.240. The highest BCUT2D eigenvalue weighted by molar-refractivity contribution is 7.19. The number of rotatable bonds is 5. The minimum Gasteiger partial charge on any atom is -0.300 e. The molecule has 2 aromatic carbocycles. The maximum Gasteiger partial charge on any atom is 0.263 e. The highest BCUT2D eigenvalue weighted by Crippen LogP contribution is 2.36. The van der Waals surface area contributed by atoms with E-state index in [-0.39, 0.29) is 11.3 Å². The molecule has 2 aromatic heterocycles. The van der Waals surface area contributed by atoms with Gasteiger partial charge in [0.15, 0.2) is 0 Å². The van der Waals surface area contributed by atoms with Crippen LogP contribution in [0, 0.1) is 20.8 Å². The van der Waals surface area contributed by atoms with E-state index in [1.165, 1.54) is 5.56 Å². The Labute approximate surface area is 179 Å². The number of hydrogen-bond acceptors (Lipinski definition) is 4. The van der Waals surface area contributed by atoms with E-state index in [9.17, 15) is 9.59 Å². The molecule has 4 aromatic rings. The van der Waals surface area contributed by atoms with Crippen LogP contribution in [0.5, 0.6) is 0 Å². The monoisotopic (exact) mass is 416 g/mol. The molecule has 0 N–H and O–H groups in total. The van der Waals surface area contributed by atoms with Crippen molar-refractivity contribution < 1.29 is 4.79 Å². The van der Waals surface area contributed by atoms with Crippen LogP contribution in [0.3, 0.4) is 0 Å². The standard InChI is InChI=1S/C25H24N2O2S/c1-15-8-10-19(11-9-15)21-18(4)30-24-22(21)25(29)27(13-12-17(3)28)23(26-24)20-7-5-6-16(2)14-20/h5-11,14H,12-13H2,1-4H3. The second-order valence-corrected chi connectivity index (χ2v) is 9.00. The average molecular weight is 417 g/mol. The van der Waals surface area contributed by atoms with Gasteiger partial charge in [0, 0.05) is 29.0 Å². The number of nitrogens with zero attached hydrogens (tertiary/aromatic N) is 2. The van der Waals surface area contributed by atoms with E-state index in [0.717, 1.165) is 32.0 Å². The Morgan fingerprint density at radius 3 is 2.40 bits per heavy atom. The summed E-state index contributed by atoms with van der Waals surface area (Å²) < 4.78 is 1.67. The summed E-state index contributed by atoms with van der Waals surface area (Å²) in [6.07, 6.45) is 0.300. The quantitative estimate of drug-likeness (QED) is 0.419. The molecule has 0 saturated carbocycles. The first-order valence-corrected chi connectivity index (χ1v) is 10.8. The van der Waals surface area contributed by atoms with E-state index in [2.05, 4.69) is 24.3 Å². The summed E-state index contributed by atoms with van der Waals surface area (Å²) >= 11 is 1.55. The van der Waals surface area contributed by atoms with Crippen molar-refractivity contribution in [1.29, 1.82) is 0 Å². The first-order valence-electron chi connectivity index (χ1n) is 10.0. The zero-order valence-corrected chi connectivity index (χ0v) is 18.5. The van der Waals surface area contributed by atoms with Crippen molar-refractivity contribution >= 4 is 27.3 Å². The molecule has 152 valence electrons. The van der Waals surface area contributed by atoms with Gasteiger partial charge in [-0.1, -0.05) is 53.6 Å². The van der Waals surface area contributed by atoms with Crippen molar-refractivity contribution in [2.45, 2.75) is 40.7 Å². The molecule has 0 aliphatic heterocycles. The summed E-state index contributed by atoms with van der Waals surface area (Å²) in [5.74, 6) is 0.673. The summed E-state index contributed by atoms with van der Waals surface area (Å²) in [4.78, 5) is 32.1. The smallest absolute Gasteiger partial charge is 0.263 e. The van der Waals surface area contributed by atoms with E-state index in [0.29, 0.717) is 24.2 Å². The minimum atomic E-state index is -0.0855. The number of fused-ring (bicyclic) bond motifs is 1. The highest BCUT2D eigenvalue weighted by atomic mass is 32.1. The summed E-state index contributed by atoms with van der Waals surface area (Å²) in [7, 11) is 0. The largest absolute Gasteiger partial charge is 0.300 e. The van der Waals surface area contributed by atoms with Crippen LogP contribution < -0.4 is 5.56 Å². The Morgan fingerprint density at radius 1 is 1.00 bits per heavy atom. The van der Waals surface area contributed by atoms with Crippen LogP contribution in [-0.2, 0) is 11.3 Å². The molecule has 0 atom stereocenters. The Hall–Kier alpha value is -3.05. The Kier molecular flexibility index (Phi) is 5.39. The van der Waals surface area contributed by atoms with Crippen LogP contribution in [0.2, 0.25) is 0 Å². The van der Waals surface area contributed by atoms with Crippen molar-refractivity contribution in [3.8, 4) is 22.5 Å². The molecular formula is C25H24N2O2S. The van der Waals surface area contributed by atoms with Gasteiger partial charge in [0.1, 0.15) is 16.4 Å². The van der Waals surface area contributed by atoms with Crippen LogP contribution in [0.25, 0.3) is 32.7 Å². The average Bonchev–Trinajstić information content (AvgIpc) is 3.04. The molecule has 0 saturated heterocycles. The Morgan fingerprint density at radius 2 is 1.73 bits per heavy atom. The topological polar surface area (TPSA) is 52.0 Å². The number of benzene rings is 2. The van der Waals surface area contributed by atoms with Crippen LogP contribution in [0.1, 0.15) is 29.3 Å². The fourth-order valence-corrected chi connectivity index (χ4v) is 4.78. The van der Waals surface area contributed by atoms with Gasteiger partial charge in [-0.2, -0.15) is 0 Å². The molecule has 2 heterocycles. The van der Waals surface area contributed by atoms with E-state index in [4.69, 9.17) is 4.98 Å². The number of thiophene rings is 1. The van der Waals surface area contributed by atoms with Gasteiger partial charge < -0.3 is 0 Å². The van der Waals surface area contributed by atoms with Gasteiger partial charge in [-0.25, -0.2) is 4.98 Å². The maximum atomic E-state index is 13.7. The lowest BCUT2D eigenvalue weighted by Crippen LogP contribution is -2.24. The van der Waals surface area contributed by atoms with Gasteiger partial charge in [0.25, 0.3) is 5.56 Å². The number of aromatic nitrogens is 2. The molecule has 0 amide bonds. The number of hydrogen-bond donors (Lipinski definition) is 0. The van der Waals surface area contributed by atoms with Crippen molar-refractivity contribution in [3.63, 3.8) is 0 Å². The molecule has 30 heavy (non-hydrogen) atoms. The van der Waals surface area contributed by atoms with Gasteiger partial charge in [0.2, 0.25) is 0 Å². The van der Waals surface area contributed by atoms with Crippen LogP contribution in [-0.4, -0.2) is 15.3 Å². The molecule has 4 rings (SSSR count). The lowest BCUT2D eigenvalue weighted by Gasteiger charge is -2.13. The highest BCUT2D eigenvalue weighted by Gasteiger charge is 2.20. The molecule has 0 spiro atoms. The first kappa shape index (κ1) is 20.2. The first-order chi connectivity index (χ1) is 14.3. The third kappa shape index (κ3) is 3.73. The predicted molar refractivity (Wildman–Crippen MR) is 124 cm³/mol. The van der Waals surface area contributed by atoms with Gasteiger partial charge >= 0.3 is 0 Å². The predicted octanol–water partition coefficient (Wildman–Crippen LogP) is 5.70. The second-order valence-electron chi connectivity index (χ2n) is 7.79. The SMILES string of the molecule is CC(=O)CCn1c(-c2cccc(C)c2)nc2sc(C)c(-c3ccc(C)cc3)c2c1=O. The van der Waals surface area contributed by atoms with Gasteiger partial charge in [-0.05, 0) is 39.3 Å². The third-order valence-electron chi connectivity index (χ3n) is 5.29. The molecule has 0 aliphatic carbocycles. The zero-order valence-electron chi connectivity index (χ0n) is 17.7. The van der Waals surface area contributed by atoms with Gasteiger partial charge in [-0.15, -0.1) is 11.3 Å². The van der Waals surface area contributed by atoms with Crippen molar-refractivity contribution in [2.75, 3.05) is 0 Å². The minimum absolute atomic E-state index is 0.0532. The summed E-state index contributed by atoms with van der Waals surface area (Å²) in [6, 6.07) is 16.2. The molecular weight excluding hydrogens is 392 g/mol. The fourth-order valence-electron chi connectivity index (χ4n) is 3.74. The summed E-state index contributed by atoms with van der Waals surface area (Å²) in [5, 5.41) is 0.640. The van der Waals surface area contributed by atoms with E-state index in [1.54, 1.807) is 22.8 Å². The Balaban J connectivity index is 2.02. The molecule has 0 bridgehead atoms. The van der Waals surface area contributed by atoms with Crippen molar-refractivity contribution in [2.24, 2.45) is 0 Å². The van der Waals surface area contributed by atoms with Crippen LogP contribution in [0.4, 0.5) is 0 Å². The zero-order chi connectivity index (χ0) is 21.4. The third-order valence-corrected chi connectivity index (χ3v) is 6.29. The molecule has 0 fully saturated rings. The normalized spacial score (nSPS) is 11.2. The van der Waals surface area contributed by atoms with Crippen LogP contribution >= 0.6 is 11.3 Å². The number of carbonyl (C=O) groups excluding carboxylic acids is 1. The number of ketones is 1. The molecule has 0 radical (unpaired) electrons. The number of carbonyl (C=O) groups is 1. The molecule has 4 nitrogen and oxygen atoms in total. The number of Topliss-reactive ketones (excluding diaryl/α,β-unsaturated/α-hetero) is 1. The lowest BCUT2D eigenvalue weighted by atomic mass is 10.0. The van der Waals surface area contributed by atoms with Gasteiger partial charge in [-0.3, -0.25) is 14.2 Å². The van der Waals surface area contributed by atoms with E-state index in [1.807, 2.05) is 45.0 Å². The van der Waals surface area contributed by atoms with E-state index >= 15 is 0 Å². The molecule has 0 aliphatic rings. The lowest BCUT2D eigenvalue weighted by molar-refractivity contribution is -0.117. The van der Waals surface area contributed by atoms with Gasteiger partial charge in [0.05, 0.1) is 5.39 Å². The van der Waals surface area contributed by atoms with Crippen molar-refractivity contribution in [3.05, 3.63) is 74.9 Å².